The summed E-state index contributed by atoms with van der Waals surface area (Å²) in [5, 5.41) is 0. The summed E-state index contributed by atoms with van der Waals surface area (Å²) in [6.07, 6.45) is 1.37. The van der Waals surface area contributed by atoms with Gasteiger partial charge in [-0.15, -0.1) is 0 Å². The molecule has 1 aromatic rings. The van der Waals surface area contributed by atoms with E-state index in [2.05, 4.69) is 4.72 Å². The van der Waals surface area contributed by atoms with E-state index in [4.69, 9.17) is 11.5 Å². The number of rotatable bonds is 7. The van der Waals surface area contributed by atoms with Crippen molar-refractivity contribution in [2.45, 2.75) is 24.2 Å². The predicted molar refractivity (Wildman–Crippen MR) is 69.1 cm³/mol. The monoisotopic (exact) mass is 271 g/mol. The van der Waals surface area contributed by atoms with Crippen LogP contribution < -0.4 is 16.2 Å². The maximum Gasteiger partial charge on any atom is 0.242 e. The van der Waals surface area contributed by atoms with Crippen molar-refractivity contribution in [3.63, 3.8) is 0 Å². The summed E-state index contributed by atoms with van der Waals surface area (Å²) in [7, 11) is -3.58. The van der Waals surface area contributed by atoms with Crippen LogP contribution >= 0.6 is 0 Å². The molecule has 0 spiro atoms. The molecule has 0 heterocycles. The summed E-state index contributed by atoms with van der Waals surface area (Å²) >= 11 is 0. The molecular weight excluding hydrogens is 254 g/mol. The number of primary amides is 1. The van der Waals surface area contributed by atoms with Gasteiger partial charge in [0.25, 0.3) is 0 Å². The van der Waals surface area contributed by atoms with Gasteiger partial charge >= 0.3 is 0 Å². The summed E-state index contributed by atoms with van der Waals surface area (Å²) < 4.78 is 26.2. The summed E-state index contributed by atoms with van der Waals surface area (Å²) in [5.74, 6) is -0.384. The van der Waals surface area contributed by atoms with Crippen molar-refractivity contribution in [1.29, 1.82) is 0 Å². The number of carbonyl (C=O) groups excluding carboxylic acids is 1. The first-order valence-corrected chi connectivity index (χ1v) is 7.04. The highest BCUT2D eigenvalue weighted by atomic mass is 32.2. The number of para-hydroxylation sites is 1. The number of amides is 1. The predicted octanol–water partition coefficient (Wildman–Crippen LogP) is 0.203. The zero-order chi connectivity index (χ0) is 13.6. The smallest absolute Gasteiger partial charge is 0.242 e. The second-order valence-electron chi connectivity index (χ2n) is 3.86. The third-order valence-corrected chi connectivity index (χ3v) is 3.89. The molecule has 0 aromatic heterocycles. The fourth-order valence-corrected chi connectivity index (χ4v) is 2.64. The summed E-state index contributed by atoms with van der Waals surface area (Å²) in [4.78, 5) is 10.6. The van der Waals surface area contributed by atoms with Crippen LogP contribution in [0.2, 0.25) is 0 Å². The van der Waals surface area contributed by atoms with E-state index in [9.17, 15) is 13.2 Å². The van der Waals surface area contributed by atoms with Gasteiger partial charge in [-0.2, -0.15) is 0 Å². The van der Waals surface area contributed by atoms with Gasteiger partial charge in [-0.25, -0.2) is 13.1 Å². The molecule has 0 aliphatic rings. The second-order valence-corrected chi connectivity index (χ2v) is 5.59. The maximum atomic E-state index is 11.9. The molecule has 0 radical (unpaired) electrons. The largest absolute Gasteiger partial charge is 0.398 e. The number of nitrogens with one attached hydrogen (secondary N) is 1. The minimum absolute atomic E-state index is 0.0694. The van der Waals surface area contributed by atoms with Crippen LogP contribution in [0.4, 0.5) is 5.69 Å². The SMILES string of the molecule is NC(=O)CCCCNS(=O)(=O)c1ccccc1N. The Balaban J connectivity index is 2.51. The van der Waals surface area contributed by atoms with Crippen LogP contribution in [0.5, 0.6) is 0 Å². The average molecular weight is 271 g/mol. The van der Waals surface area contributed by atoms with Gasteiger partial charge in [-0.05, 0) is 25.0 Å². The molecule has 1 rings (SSSR count). The van der Waals surface area contributed by atoms with Gasteiger partial charge in [0, 0.05) is 13.0 Å². The number of anilines is 1. The van der Waals surface area contributed by atoms with E-state index in [1.807, 2.05) is 0 Å². The summed E-state index contributed by atoms with van der Waals surface area (Å²) in [5.41, 5.74) is 10.8. The van der Waals surface area contributed by atoms with Gasteiger partial charge in [0.15, 0.2) is 0 Å². The van der Waals surface area contributed by atoms with E-state index in [0.717, 1.165) is 0 Å². The number of hydrogen-bond acceptors (Lipinski definition) is 4. The van der Waals surface area contributed by atoms with Crippen LogP contribution in [0.25, 0.3) is 0 Å². The lowest BCUT2D eigenvalue weighted by molar-refractivity contribution is -0.118. The van der Waals surface area contributed by atoms with Crippen molar-refractivity contribution in [3.05, 3.63) is 24.3 Å². The number of benzene rings is 1. The Morgan fingerprint density at radius 2 is 1.89 bits per heavy atom. The van der Waals surface area contributed by atoms with Crippen molar-refractivity contribution in [3.8, 4) is 0 Å². The first-order valence-electron chi connectivity index (χ1n) is 5.56. The fraction of sp³-hybridized carbons (Fsp3) is 0.364. The number of sulfonamides is 1. The average Bonchev–Trinajstić information content (AvgIpc) is 2.28. The topological polar surface area (TPSA) is 115 Å². The highest BCUT2D eigenvalue weighted by Crippen LogP contribution is 2.16. The molecular formula is C11H17N3O3S. The third kappa shape index (κ3) is 4.34. The van der Waals surface area contributed by atoms with Gasteiger partial charge in [0.2, 0.25) is 15.9 Å². The first-order chi connectivity index (χ1) is 8.43. The Morgan fingerprint density at radius 1 is 1.22 bits per heavy atom. The Hall–Kier alpha value is -1.60. The van der Waals surface area contributed by atoms with Crippen LogP contribution in [0.1, 0.15) is 19.3 Å². The highest BCUT2D eigenvalue weighted by Gasteiger charge is 2.15. The molecule has 0 bridgehead atoms. The number of hydrogen-bond donors (Lipinski definition) is 3. The molecule has 7 heteroatoms. The van der Waals surface area contributed by atoms with Gasteiger partial charge in [-0.1, -0.05) is 12.1 Å². The molecule has 5 N–H and O–H groups in total. The van der Waals surface area contributed by atoms with Gasteiger partial charge in [0.05, 0.1) is 5.69 Å². The number of nitrogen functional groups attached to an aromatic ring is 1. The second kappa shape index (κ2) is 6.36. The fourth-order valence-electron chi connectivity index (χ4n) is 1.43. The van der Waals surface area contributed by atoms with Crippen LogP contribution in [0.3, 0.4) is 0 Å². The van der Waals surface area contributed by atoms with E-state index >= 15 is 0 Å². The van der Waals surface area contributed by atoms with Crippen molar-refractivity contribution in [2.75, 3.05) is 12.3 Å². The number of nitrogens with two attached hydrogens (primary N) is 2. The molecule has 100 valence electrons. The number of unbranched alkanes of at least 4 members (excludes halogenated alkanes) is 1. The van der Waals surface area contributed by atoms with Gasteiger partial charge < -0.3 is 11.5 Å². The van der Waals surface area contributed by atoms with Crippen molar-refractivity contribution in [1.82, 2.24) is 4.72 Å². The molecule has 18 heavy (non-hydrogen) atoms. The van der Waals surface area contributed by atoms with Crippen LogP contribution in [-0.2, 0) is 14.8 Å². The van der Waals surface area contributed by atoms with Crippen molar-refractivity contribution in [2.24, 2.45) is 5.73 Å². The lowest BCUT2D eigenvalue weighted by Gasteiger charge is -2.08. The molecule has 0 aliphatic heterocycles. The Morgan fingerprint density at radius 3 is 2.50 bits per heavy atom. The third-order valence-electron chi connectivity index (χ3n) is 2.35. The molecule has 6 nitrogen and oxygen atoms in total. The Labute approximate surface area is 106 Å². The minimum Gasteiger partial charge on any atom is -0.398 e. The minimum atomic E-state index is -3.58. The van der Waals surface area contributed by atoms with Crippen molar-refractivity contribution < 1.29 is 13.2 Å². The van der Waals surface area contributed by atoms with E-state index < -0.39 is 10.0 Å². The van der Waals surface area contributed by atoms with E-state index in [1.54, 1.807) is 12.1 Å². The maximum absolute atomic E-state index is 11.9. The Kier molecular flexibility index (Phi) is 5.11. The van der Waals surface area contributed by atoms with Gasteiger partial charge in [0.1, 0.15) is 4.90 Å². The zero-order valence-electron chi connectivity index (χ0n) is 9.93. The molecule has 0 saturated carbocycles. The molecule has 1 aromatic carbocycles. The quantitative estimate of drug-likeness (QED) is 0.485. The van der Waals surface area contributed by atoms with E-state index in [0.29, 0.717) is 12.8 Å². The van der Waals surface area contributed by atoms with Crippen LogP contribution in [0, 0.1) is 0 Å². The van der Waals surface area contributed by atoms with E-state index in [1.165, 1.54) is 12.1 Å². The summed E-state index contributed by atoms with van der Waals surface area (Å²) in [6.45, 7) is 0.254. The summed E-state index contributed by atoms with van der Waals surface area (Å²) in [6, 6.07) is 6.25. The molecule has 0 atom stereocenters. The molecule has 0 aliphatic carbocycles. The van der Waals surface area contributed by atoms with E-state index in [-0.39, 0.29) is 29.5 Å². The zero-order valence-corrected chi connectivity index (χ0v) is 10.7. The molecule has 0 saturated heterocycles. The molecule has 0 unspecified atom stereocenters. The standard InChI is InChI=1S/C11H17N3O3S/c12-9-5-1-2-6-10(9)18(16,17)14-8-4-3-7-11(13)15/h1-2,5-6,14H,3-4,7-8,12H2,(H2,13,15). The first kappa shape index (κ1) is 14.5. The molecule has 0 fully saturated rings. The van der Waals surface area contributed by atoms with Crippen LogP contribution in [-0.4, -0.2) is 20.9 Å². The van der Waals surface area contributed by atoms with Gasteiger partial charge in [-0.3, -0.25) is 4.79 Å². The number of carbonyl (C=O) groups is 1. The lowest BCUT2D eigenvalue weighted by atomic mass is 10.2. The Bertz CT molecular complexity index is 514. The van der Waals surface area contributed by atoms with Crippen LogP contribution in [0.15, 0.2) is 29.2 Å². The highest BCUT2D eigenvalue weighted by molar-refractivity contribution is 7.89. The van der Waals surface area contributed by atoms with Crippen molar-refractivity contribution >= 4 is 21.6 Å². The molecule has 1 amide bonds. The lowest BCUT2D eigenvalue weighted by Crippen LogP contribution is -2.25. The normalized spacial score (nSPS) is 11.3.